The van der Waals surface area contributed by atoms with Crippen molar-refractivity contribution in [1.29, 1.82) is 0 Å². The number of halogens is 1. The Bertz CT molecular complexity index is 488. The molecule has 20 heavy (non-hydrogen) atoms. The Balaban J connectivity index is 2.80. The first-order valence-electron chi connectivity index (χ1n) is 6.78. The summed E-state index contributed by atoms with van der Waals surface area (Å²) in [6.07, 6.45) is 0.963. The maximum absolute atomic E-state index is 12.3. The van der Waals surface area contributed by atoms with Crippen LogP contribution in [0.5, 0.6) is 0 Å². The van der Waals surface area contributed by atoms with Crippen molar-refractivity contribution in [1.82, 2.24) is 4.90 Å². The van der Waals surface area contributed by atoms with Gasteiger partial charge in [0.05, 0.1) is 17.4 Å². The lowest BCUT2D eigenvalue weighted by molar-refractivity contribution is -0.122. The topological polar surface area (TPSA) is 58.4 Å². The predicted octanol–water partition coefficient (Wildman–Crippen LogP) is 3.37. The molecule has 4 nitrogen and oxygen atoms in total. The van der Waals surface area contributed by atoms with Crippen LogP contribution in [0.4, 0.5) is 11.4 Å². The van der Waals surface area contributed by atoms with Gasteiger partial charge in [0.1, 0.15) is 0 Å². The van der Waals surface area contributed by atoms with Crippen LogP contribution in [-0.4, -0.2) is 29.4 Å². The highest BCUT2D eigenvalue weighted by atomic mass is 35.5. The third-order valence-electron chi connectivity index (χ3n) is 4.05. The van der Waals surface area contributed by atoms with E-state index >= 15 is 0 Å². The Hall–Kier alpha value is -1.26. The molecule has 0 spiro atoms. The molecule has 0 heterocycles. The number of hydrogen-bond donors (Lipinski definition) is 2. The van der Waals surface area contributed by atoms with Crippen molar-refractivity contribution >= 4 is 28.9 Å². The van der Waals surface area contributed by atoms with Gasteiger partial charge < -0.3 is 11.1 Å². The van der Waals surface area contributed by atoms with Crippen molar-refractivity contribution in [3.63, 3.8) is 0 Å². The summed E-state index contributed by atoms with van der Waals surface area (Å²) in [6, 6.07) is 4.80. The molecule has 0 radical (unpaired) electrons. The standard InChI is InChI=1S/C15H24ClN3O/c1-6-15(3,4)19(5)10(2)14(20)18-13-8-7-11(16)9-12(13)17/h7-10H,6,17H2,1-5H3,(H,18,20). The molecule has 1 amide bonds. The van der Waals surface area contributed by atoms with Gasteiger partial charge in [-0.3, -0.25) is 9.69 Å². The van der Waals surface area contributed by atoms with Crippen LogP contribution < -0.4 is 11.1 Å². The van der Waals surface area contributed by atoms with E-state index in [9.17, 15) is 4.79 Å². The molecule has 1 aromatic rings. The van der Waals surface area contributed by atoms with Crippen LogP contribution in [-0.2, 0) is 4.79 Å². The molecular weight excluding hydrogens is 274 g/mol. The summed E-state index contributed by atoms with van der Waals surface area (Å²) in [5, 5.41) is 3.40. The quantitative estimate of drug-likeness (QED) is 0.819. The van der Waals surface area contributed by atoms with Crippen LogP contribution in [0.25, 0.3) is 0 Å². The minimum Gasteiger partial charge on any atom is -0.397 e. The van der Waals surface area contributed by atoms with Gasteiger partial charge in [-0.15, -0.1) is 0 Å². The Morgan fingerprint density at radius 1 is 1.50 bits per heavy atom. The molecule has 0 aliphatic heterocycles. The lowest BCUT2D eigenvalue weighted by atomic mass is 9.98. The van der Waals surface area contributed by atoms with Gasteiger partial charge in [-0.25, -0.2) is 0 Å². The van der Waals surface area contributed by atoms with E-state index in [1.54, 1.807) is 18.2 Å². The molecule has 0 aromatic heterocycles. The van der Waals surface area contributed by atoms with Crippen molar-refractivity contribution < 1.29 is 4.79 Å². The van der Waals surface area contributed by atoms with Crippen molar-refractivity contribution in [3.8, 4) is 0 Å². The monoisotopic (exact) mass is 297 g/mol. The van der Waals surface area contributed by atoms with E-state index in [4.69, 9.17) is 17.3 Å². The van der Waals surface area contributed by atoms with Crippen LogP contribution in [0.3, 0.4) is 0 Å². The second-order valence-corrected chi connectivity index (χ2v) is 6.11. The number of anilines is 2. The number of amides is 1. The van der Waals surface area contributed by atoms with E-state index in [0.717, 1.165) is 6.42 Å². The lowest BCUT2D eigenvalue weighted by Gasteiger charge is -2.38. The maximum atomic E-state index is 12.3. The molecular formula is C15H24ClN3O. The average molecular weight is 298 g/mol. The number of carbonyl (C=O) groups is 1. The normalized spacial score (nSPS) is 13.3. The van der Waals surface area contributed by atoms with Crippen LogP contribution in [0.2, 0.25) is 5.02 Å². The number of carbonyl (C=O) groups excluding carboxylic acids is 1. The summed E-state index contributed by atoms with van der Waals surface area (Å²) in [4.78, 5) is 14.4. The molecule has 0 saturated heterocycles. The average Bonchev–Trinajstić information content (AvgIpc) is 2.40. The van der Waals surface area contributed by atoms with E-state index in [-0.39, 0.29) is 17.5 Å². The molecule has 5 heteroatoms. The van der Waals surface area contributed by atoms with Gasteiger partial charge in [0.15, 0.2) is 0 Å². The van der Waals surface area contributed by atoms with E-state index in [0.29, 0.717) is 16.4 Å². The van der Waals surface area contributed by atoms with Crippen LogP contribution in [0.1, 0.15) is 34.1 Å². The molecule has 3 N–H and O–H groups in total. The first-order chi connectivity index (χ1) is 9.19. The van der Waals surface area contributed by atoms with Gasteiger partial charge in [-0.1, -0.05) is 18.5 Å². The van der Waals surface area contributed by atoms with Crippen molar-refractivity contribution in [2.45, 2.75) is 45.7 Å². The molecule has 0 saturated carbocycles. The summed E-state index contributed by atoms with van der Waals surface area (Å²) in [5.74, 6) is -0.0805. The van der Waals surface area contributed by atoms with Gasteiger partial charge in [-0.2, -0.15) is 0 Å². The first-order valence-corrected chi connectivity index (χ1v) is 7.15. The fraction of sp³-hybridized carbons (Fsp3) is 0.533. The summed E-state index contributed by atoms with van der Waals surface area (Å²) < 4.78 is 0. The van der Waals surface area contributed by atoms with Crippen molar-refractivity contribution in [3.05, 3.63) is 23.2 Å². The number of likely N-dealkylation sites (N-methyl/N-ethyl adjacent to an activating group) is 1. The highest BCUT2D eigenvalue weighted by Crippen LogP contribution is 2.24. The third-order valence-corrected chi connectivity index (χ3v) is 4.29. The van der Waals surface area contributed by atoms with Crippen LogP contribution >= 0.6 is 11.6 Å². The number of nitrogens with one attached hydrogen (secondary N) is 1. The molecule has 1 atom stereocenters. The van der Waals surface area contributed by atoms with Crippen LogP contribution in [0.15, 0.2) is 18.2 Å². The Morgan fingerprint density at radius 3 is 2.60 bits per heavy atom. The molecule has 0 aliphatic carbocycles. The van der Waals surface area contributed by atoms with E-state index in [2.05, 4.69) is 31.0 Å². The van der Waals surface area contributed by atoms with Gasteiger partial charge in [-0.05, 0) is 52.4 Å². The van der Waals surface area contributed by atoms with Gasteiger partial charge in [0.25, 0.3) is 0 Å². The molecule has 1 rings (SSSR count). The third kappa shape index (κ3) is 3.87. The fourth-order valence-electron chi connectivity index (χ4n) is 1.83. The van der Waals surface area contributed by atoms with Crippen molar-refractivity contribution in [2.24, 2.45) is 0 Å². The number of benzene rings is 1. The zero-order chi connectivity index (χ0) is 15.5. The Kier molecular flexibility index (Phi) is 5.42. The zero-order valence-electron chi connectivity index (χ0n) is 12.8. The SMILES string of the molecule is CCC(C)(C)N(C)C(C)C(=O)Nc1ccc(Cl)cc1N. The predicted molar refractivity (Wildman–Crippen MR) is 86.1 cm³/mol. The molecule has 112 valence electrons. The van der Waals surface area contributed by atoms with Crippen LogP contribution in [0, 0.1) is 0 Å². The number of nitrogen functional groups attached to an aromatic ring is 1. The molecule has 0 aliphatic rings. The highest BCUT2D eigenvalue weighted by Gasteiger charge is 2.29. The largest absolute Gasteiger partial charge is 0.397 e. The maximum Gasteiger partial charge on any atom is 0.241 e. The number of rotatable bonds is 5. The van der Waals surface area contributed by atoms with Crippen molar-refractivity contribution in [2.75, 3.05) is 18.1 Å². The van der Waals surface area contributed by atoms with Gasteiger partial charge >= 0.3 is 0 Å². The smallest absolute Gasteiger partial charge is 0.241 e. The van der Waals surface area contributed by atoms with E-state index < -0.39 is 0 Å². The Labute approximate surface area is 126 Å². The lowest BCUT2D eigenvalue weighted by Crippen LogP contribution is -2.50. The number of nitrogens with two attached hydrogens (primary N) is 1. The number of hydrogen-bond acceptors (Lipinski definition) is 3. The molecule has 0 bridgehead atoms. The number of nitrogens with zero attached hydrogens (tertiary/aromatic N) is 1. The van der Waals surface area contributed by atoms with E-state index in [1.807, 2.05) is 14.0 Å². The highest BCUT2D eigenvalue weighted by molar-refractivity contribution is 6.31. The zero-order valence-corrected chi connectivity index (χ0v) is 13.6. The molecule has 1 aromatic carbocycles. The summed E-state index contributed by atoms with van der Waals surface area (Å²) in [6.45, 7) is 8.23. The summed E-state index contributed by atoms with van der Waals surface area (Å²) in [7, 11) is 1.96. The fourth-order valence-corrected chi connectivity index (χ4v) is 2.01. The molecule has 1 unspecified atom stereocenters. The van der Waals surface area contributed by atoms with Gasteiger partial charge in [0, 0.05) is 10.6 Å². The molecule has 0 fully saturated rings. The van der Waals surface area contributed by atoms with Gasteiger partial charge in [0.2, 0.25) is 5.91 Å². The summed E-state index contributed by atoms with van der Waals surface area (Å²) in [5.41, 5.74) is 6.87. The van der Waals surface area contributed by atoms with E-state index in [1.165, 1.54) is 0 Å². The summed E-state index contributed by atoms with van der Waals surface area (Å²) >= 11 is 5.84. The first kappa shape index (κ1) is 16.8. The minimum atomic E-state index is -0.250. The second kappa shape index (κ2) is 6.46. The second-order valence-electron chi connectivity index (χ2n) is 5.67. The minimum absolute atomic E-state index is 0.0394. The Morgan fingerprint density at radius 2 is 2.10 bits per heavy atom.